The number of hydrogen-bond donors (Lipinski definition) is 0. The van der Waals surface area contributed by atoms with E-state index >= 15 is 0 Å². The second-order valence-corrected chi connectivity index (χ2v) is 12.5. The van der Waals surface area contributed by atoms with Crippen LogP contribution in [0.1, 0.15) is 72.4 Å². The van der Waals surface area contributed by atoms with E-state index < -0.39 is 8.07 Å². The molecule has 0 nitrogen and oxygen atoms in total. The van der Waals surface area contributed by atoms with E-state index in [-0.39, 0.29) is 0 Å². The molecule has 0 aliphatic heterocycles. The van der Waals surface area contributed by atoms with Gasteiger partial charge in [-0.15, -0.1) is 0 Å². The first-order chi connectivity index (χ1) is 11.8. The maximum absolute atomic E-state index is 2.65. The molecule has 0 fully saturated rings. The molecule has 2 rings (SSSR count). The minimum Gasteiger partial charge on any atom is -0.0660 e. The molecule has 1 aromatic rings. The first kappa shape index (κ1) is 20.2. The average Bonchev–Trinajstić information content (AvgIpc) is 2.82. The Balaban J connectivity index is 2.64. The number of rotatable bonds is 7. The Bertz CT molecular complexity index is 670. The van der Waals surface area contributed by atoms with Crippen molar-refractivity contribution in [1.82, 2.24) is 0 Å². The van der Waals surface area contributed by atoms with Gasteiger partial charge in [0.15, 0.2) is 0 Å². The van der Waals surface area contributed by atoms with Gasteiger partial charge < -0.3 is 0 Å². The number of hydrogen-bond acceptors (Lipinski definition) is 0. The van der Waals surface area contributed by atoms with Crippen LogP contribution >= 0.6 is 0 Å². The maximum atomic E-state index is 2.65. The molecule has 1 aliphatic rings. The van der Waals surface area contributed by atoms with Gasteiger partial charge in [0.1, 0.15) is 8.07 Å². The molecule has 0 amide bonds. The van der Waals surface area contributed by atoms with Crippen LogP contribution in [-0.4, -0.2) is 8.07 Å². The second kappa shape index (κ2) is 8.08. The van der Waals surface area contributed by atoms with Crippen LogP contribution in [-0.2, 0) is 12.8 Å². The van der Waals surface area contributed by atoms with E-state index in [2.05, 4.69) is 73.2 Å². The number of allylic oxidation sites excluding steroid dienone is 4. The Labute approximate surface area is 157 Å². The van der Waals surface area contributed by atoms with Crippen molar-refractivity contribution in [3.63, 3.8) is 0 Å². The van der Waals surface area contributed by atoms with Crippen LogP contribution < -0.4 is 5.19 Å². The minimum atomic E-state index is -1.68. The molecule has 0 saturated heterocycles. The van der Waals surface area contributed by atoms with Gasteiger partial charge >= 0.3 is 0 Å². The summed E-state index contributed by atoms with van der Waals surface area (Å²) in [6.07, 6.45) is 4.93. The fourth-order valence-electron chi connectivity index (χ4n) is 4.71. The van der Waals surface area contributed by atoms with Crippen molar-refractivity contribution >= 4 is 13.3 Å². The standard InChI is InChI=1S/C24H38Si/c1-9-12-13-25(8,24-19(6)17(4)18(5)20(24)7)23-15-21(10-2)14-22(11-3)16-23/h14-16,19H,9-13H2,1-8H3. The van der Waals surface area contributed by atoms with Crippen LogP contribution in [0, 0.1) is 5.92 Å². The van der Waals surface area contributed by atoms with Crippen molar-refractivity contribution in [2.45, 2.75) is 86.7 Å². The third-order valence-electron chi connectivity index (χ3n) is 6.77. The molecule has 0 aromatic heterocycles. The van der Waals surface area contributed by atoms with Crippen LogP contribution in [0.4, 0.5) is 0 Å². The molecule has 0 saturated carbocycles. The van der Waals surface area contributed by atoms with Crippen LogP contribution in [0.25, 0.3) is 0 Å². The van der Waals surface area contributed by atoms with E-state index in [4.69, 9.17) is 0 Å². The lowest BCUT2D eigenvalue weighted by atomic mass is 10.1. The molecule has 1 heteroatoms. The van der Waals surface area contributed by atoms with Gasteiger partial charge in [0.05, 0.1) is 0 Å². The Morgan fingerprint density at radius 2 is 1.44 bits per heavy atom. The molecule has 1 aliphatic carbocycles. The zero-order valence-electron chi connectivity index (χ0n) is 17.8. The fraction of sp³-hybridized carbons (Fsp3) is 0.583. The lowest BCUT2D eigenvalue weighted by Gasteiger charge is -2.35. The zero-order chi connectivity index (χ0) is 18.8. The zero-order valence-corrected chi connectivity index (χ0v) is 18.8. The van der Waals surface area contributed by atoms with Gasteiger partial charge in [0.25, 0.3) is 0 Å². The molecule has 0 heterocycles. The molecular weight excluding hydrogens is 316 g/mol. The van der Waals surface area contributed by atoms with Gasteiger partial charge in [-0.05, 0) is 62.3 Å². The average molecular weight is 355 g/mol. The smallest absolute Gasteiger partial charge is 0.0660 e. The van der Waals surface area contributed by atoms with Crippen LogP contribution in [0.2, 0.25) is 12.6 Å². The highest BCUT2D eigenvalue weighted by atomic mass is 28.3. The molecule has 2 unspecified atom stereocenters. The summed E-state index contributed by atoms with van der Waals surface area (Å²) in [6, 6.07) is 8.91. The number of aryl methyl sites for hydroxylation is 2. The lowest BCUT2D eigenvalue weighted by Crippen LogP contribution is -2.49. The van der Waals surface area contributed by atoms with Crippen LogP contribution in [0.15, 0.2) is 40.1 Å². The highest BCUT2D eigenvalue weighted by Crippen LogP contribution is 2.43. The van der Waals surface area contributed by atoms with Crippen LogP contribution in [0.5, 0.6) is 0 Å². The van der Waals surface area contributed by atoms with Crippen molar-refractivity contribution in [2.24, 2.45) is 5.92 Å². The molecule has 0 N–H and O–H groups in total. The quantitative estimate of drug-likeness (QED) is 0.476. The van der Waals surface area contributed by atoms with Crippen molar-refractivity contribution in [3.8, 4) is 0 Å². The van der Waals surface area contributed by atoms with Gasteiger partial charge in [0, 0.05) is 0 Å². The van der Waals surface area contributed by atoms with E-state index in [1.807, 2.05) is 5.20 Å². The summed E-state index contributed by atoms with van der Waals surface area (Å²) in [6.45, 7) is 19.1. The molecule has 25 heavy (non-hydrogen) atoms. The first-order valence-electron chi connectivity index (χ1n) is 10.3. The third kappa shape index (κ3) is 3.72. The predicted molar refractivity (Wildman–Crippen MR) is 116 cm³/mol. The summed E-state index contributed by atoms with van der Waals surface area (Å²) in [5.74, 6) is 0.629. The van der Waals surface area contributed by atoms with Crippen molar-refractivity contribution in [3.05, 3.63) is 51.2 Å². The topological polar surface area (TPSA) is 0 Å². The summed E-state index contributed by atoms with van der Waals surface area (Å²) in [4.78, 5) is 0. The normalized spacial score (nSPS) is 20.4. The van der Waals surface area contributed by atoms with Crippen molar-refractivity contribution in [1.29, 1.82) is 0 Å². The monoisotopic (exact) mass is 354 g/mol. The molecule has 138 valence electrons. The van der Waals surface area contributed by atoms with Gasteiger partial charge in [-0.3, -0.25) is 0 Å². The Kier molecular flexibility index (Phi) is 6.54. The Morgan fingerprint density at radius 1 is 0.880 bits per heavy atom. The van der Waals surface area contributed by atoms with Gasteiger partial charge in [-0.2, -0.15) is 0 Å². The maximum Gasteiger partial charge on any atom is 0.111 e. The first-order valence-corrected chi connectivity index (χ1v) is 13.0. The molecular formula is C24H38Si. The molecule has 0 radical (unpaired) electrons. The molecule has 1 aromatic carbocycles. The van der Waals surface area contributed by atoms with E-state index in [0.717, 1.165) is 12.8 Å². The summed E-state index contributed by atoms with van der Waals surface area (Å²) < 4.78 is 0. The largest absolute Gasteiger partial charge is 0.111 e. The second-order valence-electron chi connectivity index (χ2n) is 8.25. The van der Waals surface area contributed by atoms with E-state index in [1.54, 1.807) is 21.9 Å². The fourth-order valence-corrected chi connectivity index (χ4v) is 9.83. The Morgan fingerprint density at radius 3 is 1.84 bits per heavy atom. The predicted octanol–water partition coefficient (Wildman–Crippen LogP) is 6.74. The molecule has 0 spiro atoms. The highest BCUT2D eigenvalue weighted by Gasteiger charge is 2.40. The lowest BCUT2D eigenvalue weighted by molar-refractivity contribution is 0.829. The van der Waals surface area contributed by atoms with E-state index in [9.17, 15) is 0 Å². The molecule has 2 atom stereocenters. The van der Waals surface area contributed by atoms with E-state index in [1.165, 1.54) is 30.0 Å². The minimum absolute atomic E-state index is 0.629. The van der Waals surface area contributed by atoms with Crippen LogP contribution in [0.3, 0.4) is 0 Å². The summed E-state index contributed by atoms with van der Waals surface area (Å²) in [5.41, 5.74) is 7.81. The van der Waals surface area contributed by atoms with Crippen molar-refractivity contribution < 1.29 is 0 Å². The summed E-state index contributed by atoms with van der Waals surface area (Å²) in [7, 11) is -1.68. The van der Waals surface area contributed by atoms with E-state index in [0.29, 0.717) is 5.92 Å². The van der Waals surface area contributed by atoms with Gasteiger partial charge in [-0.25, -0.2) is 0 Å². The van der Waals surface area contributed by atoms with Gasteiger partial charge in [-0.1, -0.05) is 86.8 Å². The SMILES string of the molecule is CCCC[Si](C)(C1=C(C)C(C)=C(C)C1C)c1cc(CC)cc(CC)c1. The molecule has 0 bridgehead atoms. The van der Waals surface area contributed by atoms with Gasteiger partial charge in [0.2, 0.25) is 0 Å². The summed E-state index contributed by atoms with van der Waals surface area (Å²) >= 11 is 0. The highest BCUT2D eigenvalue weighted by molar-refractivity contribution is 6.97. The van der Waals surface area contributed by atoms with Crippen molar-refractivity contribution in [2.75, 3.05) is 0 Å². The third-order valence-corrected chi connectivity index (χ3v) is 11.7. The summed E-state index contributed by atoms with van der Waals surface area (Å²) in [5, 5.41) is 3.49. The Hall–Kier alpha value is -1.08. The number of benzene rings is 1. The number of unbranched alkanes of at least 4 members (excludes halogenated alkanes) is 1.